The summed E-state index contributed by atoms with van der Waals surface area (Å²) < 4.78 is 5.32. The number of nitrogens with one attached hydrogen (secondary N) is 1. The lowest BCUT2D eigenvalue weighted by Crippen LogP contribution is -2.23. The highest BCUT2D eigenvalue weighted by molar-refractivity contribution is 5.95. The summed E-state index contributed by atoms with van der Waals surface area (Å²) in [5.74, 6) is 6.95. The van der Waals surface area contributed by atoms with Crippen LogP contribution in [-0.2, 0) is 0 Å². The van der Waals surface area contributed by atoms with Crippen molar-refractivity contribution in [2.45, 2.75) is 20.8 Å². The van der Waals surface area contributed by atoms with E-state index in [1.165, 1.54) is 6.92 Å². The predicted molar refractivity (Wildman–Crippen MR) is 83.8 cm³/mol. The first-order chi connectivity index (χ1) is 10.5. The van der Waals surface area contributed by atoms with Crippen molar-refractivity contribution in [2.24, 2.45) is 0 Å². The number of amides is 1. The summed E-state index contributed by atoms with van der Waals surface area (Å²) in [6, 6.07) is 8.76. The van der Waals surface area contributed by atoms with Gasteiger partial charge in [-0.25, -0.2) is 0 Å². The summed E-state index contributed by atoms with van der Waals surface area (Å²) in [6.45, 7) is 5.32. The van der Waals surface area contributed by atoms with Crippen LogP contribution in [0.2, 0.25) is 0 Å². The monoisotopic (exact) mass is 295 g/mol. The minimum atomic E-state index is -0.199. The van der Waals surface area contributed by atoms with E-state index in [0.717, 1.165) is 5.56 Å². The van der Waals surface area contributed by atoms with Crippen molar-refractivity contribution in [3.8, 4) is 11.8 Å². The number of aryl methyl sites for hydroxylation is 2. The van der Waals surface area contributed by atoms with E-state index in [1.807, 2.05) is 0 Å². The molecule has 0 saturated heterocycles. The average Bonchev–Trinajstić information content (AvgIpc) is 2.82. The quantitative estimate of drug-likeness (QED) is 0.699. The third-order valence-electron chi connectivity index (χ3n) is 3.15. The maximum atomic E-state index is 11.9. The Labute approximate surface area is 129 Å². The number of furan rings is 1. The molecule has 0 saturated carbocycles. The molecule has 1 aromatic carbocycles. The minimum Gasteiger partial charge on any atom is -0.466 e. The Balaban J connectivity index is 1.92. The van der Waals surface area contributed by atoms with Crippen LogP contribution in [0.3, 0.4) is 0 Å². The van der Waals surface area contributed by atoms with Crippen LogP contribution in [0.4, 0.5) is 0 Å². The molecule has 0 aliphatic rings. The molecule has 0 bridgehead atoms. The van der Waals surface area contributed by atoms with Gasteiger partial charge in [0.15, 0.2) is 5.78 Å². The van der Waals surface area contributed by atoms with Crippen LogP contribution in [0, 0.1) is 25.7 Å². The van der Waals surface area contributed by atoms with Gasteiger partial charge in [0.1, 0.15) is 11.5 Å². The Hall–Kier alpha value is -2.80. The van der Waals surface area contributed by atoms with Crippen molar-refractivity contribution in [2.75, 3.05) is 6.54 Å². The molecule has 1 amide bonds. The molecule has 4 nitrogen and oxygen atoms in total. The summed E-state index contributed by atoms with van der Waals surface area (Å²) in [5.41, 5.74) is 1.99. The Bertz CT molecular complexity index is 758. The van der Waals surface area contributed by atoms with Gasteiger partial charge in [0.25, 0.3) is 5.91 Å². The van der Waals surface area contributed by atoms with Gasteiger partial charge < -0.3 is 9.73 Å². The van der Waals surface area contributed by atoms with Crippen LogP contribution in [0.1, 0.15) is 44.7 Å². The number of carbonyl (C=O) groups excluding carboxylic acids is 2. The summed E-state index contributed by atoms with van der Waals surface area (Å²) in [7, 11) is 0. The van der Waals surface area contributed by atoms with Crippen molar-refractivity contribution in [3.05, 3.63) is 58.5 Å². The van der Waals surface area contributed by atoms with Crippen molar-refractivity contribution < 1.29 is 14.0 Å². The highest BCUT2D eigenvalue weighted by Gasteiger charge is 2.11. The Morgan fingerprint density at radius 3 is 2.41 bits per heavy atom. The minimum absolute atomic E-state index is 0.0255. The molecule has 0 aliphatic carbocycles. The number of ketones is 1. The fourth-order valence-electron chi connectivity index (χ4n) is 2.01. The van der Waals surface area contributed by atoms with Crippen molar-refractivity contribution in [1.29, 1.82) is 0 Å². The predicted octanol–water partition coefficient (Wildman–Crippen LogP) is 2.88. The van der Waals surface area contributed by atoms with Crippen LogP contribution in [0.25, 0.3) is 0 Å². The standard InChI is InChI=1S/C18H17NO3/c1-12-11-17(14(3)22-12)18(21)19-10-4-5-15-6-8-16(9-7-15)13(2)20/h6-9,11H,10H2,1-3H3,(H,19,21). The summed E-state index contributed by atoms with van der Waals surface area (Å²) >= 11 is 0. The number of Topliss-reactive ketones (excluding diaryl/α,β-unsaturated/α-hetero) is 1. The second kappa shape index (κ2) is 6.77. The van der Waals surface area contributed by atoms with Gasteiger partial charge in [-0.05, 0) is 39.0 Å². The molecule has 4 heteroatoms. The number of hydrogen-bond acceptors (Lipinski definition) is 3. The Morgan fingerprint density at radius 2 is 1.86 bits per heavy atom. The third-order valence-corrected chi connectivity index (χ3v) is 3.15. The van der Waals surface area contributed by atoms with Gasteiger partial charge in [-0.1, -0.05) is 24.0 Å². The first-order valence-corrected chi connectivity index (χ1v) is 6.92. The molecule has 2 aromatic rings. The molecule has 1 N–H and O–H groups in total. The zero-order valence-corrected chi connectivity index (χ0v) is 12.8. The van der Waals surface area contributed by atoms with Crippen LogP contribution in [0.15, 0.2) is 34.7 Å². The van der Waals surface area contributed by atoms with E-state index in [-0.39, 0.29) is 18.2 Å². The summed E-state index contributed by atoms with van der Waals surface area (Å²) in [4.78, 5) is 23.1. The molecular weight excluding hydrogens is 278 g/mol. The zero-order chi connectivity index (χ0) is 16.1. The highest BCUT2D eigenvalue weighted by atomic mass is 16.3. The van der Waals surface area contributed by atoms with Crippen LogP contribution in [-0.4, -0.2) is 18.2 Å². The first kappa shape index (κ1) is 15.6. The molecule has 1 heterocycles. The molecule has 0 aliphatic heterocycles. The van der Waals surface area contributed by atoms with Crippen LogP contribution in [0.5, 0.6) is 0 Å². The van der Waals surface area contributed by atoms with E-state index in [2.05, 4.69) is 17.2 Å². The molecular formula is C18H17NO3. The van der Waals surface area contributed by atoms with Gasteiger partial charge in [0.2, 0.25) is 0 Å². The molecule has 2 rings (SSSR count). The lowest BCUT2D eigenvalue weighted by atomic mass is 10.1. The molecule has 0 radical (unpaired) electrons. The molecule has 0 atom stereocenters. The van der Waals surface area contributed by atoms with E-state index >= 15 is 0 Å². The maximum Gasteiger partial charge on any atom is 0.255 e. The normalized spacial score (nSPS) is 9.77. The number of benzene rings is 1. The second-order valence-electron chi connectivity index (χ2n) is 4.94. The van der Waals surface area contributed by atoms with E-state index in [0.29, 0.717) is 22.6 Å². The van der Waals surface area contributed by atoms with E-state index < -0.39 is 0 Å². The van der Waals surface area contributed by atoms with Crippen molar-refractivity contribution >= 4 is 11.7 Å². The van der Waals surface area contributed by atoms with Crippen LogP contribution >= 0.6 is 0 Å². The summed E-state index contributed by atoms with van der Waals surface area (Å²) in [6.07, 6.45) is 0. The average molecular weight is 295 g/mol. The lowest BCUT2D eigenvalue weighted by Gasteiger charge is -1.98. The van der Waals surface area contributed by atoms with Gasteiger partial charge in [0.05, 0.1) is 12.1 Å². The van der Waals surface area contributed by atoms with Gasteiger partial charge in [-0.15, -0.1) is 0 Å². The van der Waals surface area contributed by atoms with Gasteiger partial charge in [-0.3, -0.25) is 9.59 Å². The van der Waals surface area contributed by atoms with Gasteiger partial charge >= 0.3 is 0 Å². The SMILES string of the molecule is CC(=O)c1ccc(C#CCNC(=O)c2cc(C)oc2C)cc1. The van der Waals surface area contributed by atoms with E-state index in [9.17, 15) is 9.59 Å². The topological polar surface area (TPSA) is 59.3 Å². The molecule has 0 unspecified atom stereocenters. The number of carbonyl (C=O) groups is 2. The van der Waals surface area contributed by atoms with E-state index in [1.54, 1.807) is 44.2 Å². The molecule has 112 valence electrons. The smallest absolute Gasteiger partial charge is 0.255 e. The molecule has 22 heavy (non-hydrogen) atoms. The zero-order valence-electron chi connectivity index (χ0n) is 12.8. The van der Waals surface area contributed by atoms with Crippen LogP contribution < -0.4 is 5.32 Å². The van der Waals surface area contributed by atoms with Gasteiger partial charge in [-0.2, -0.15) is 0 Å². The number of hydrogen-bond donors (Lipinski definition) is 1. The Morgan fingerprint density at radius 1 is 1.18 bits per heavy atom. The Kier molecular flexibility index (Phi) is 4.80. The fourth-order valence-corrected chi connectivity index (χ4v) is 2.01. The third kappa shape index (κ3) is 3.86. The largest absolute Gasteiger partial charge is 0.466 e. The fraction of sp³-hybridized carbons (Fsp3) is 0.222. The first-order valence-electron chi connectivity index (χ1n) is 6.92. The highest BCUT2D eigenvalue weighted by Crippen LogP contribution is 2.13. The lowest BCUT2D eigenvalue weighted by molar-refractivity contribution is 0.0956. The number of rotatable bonds is 3. The van der Waals surface area contributed by atoms with Crippen molar-refractivity contribution in [3.63, 3.8) is 0 Å². The van der Waals surface area contributed by atoms with Crippen molar-refractivity contribution in [1.82, 2.24) is 5.32 Å². The molecule has 0 fully saturated rings. The maximum absolute atomic E-state index is 11.9. The molecule has 0 spiro atoms. The second-order valence-corrected chi connectivity index (χ2v) is 4.94. The summed E-state index contributed by atoms with van der Waals surface area (Å²) in [5, 5.41) is 2.73. The molecule has 1 aromatic heterocycles. The van der Waals surface area contributed by atoms with E-state index in [4.69, 9.17) is 4.42 Å². The van der Waals surface area contributed by atoms with Gasteiger partial charge in [0, 0.05) is 11.1 Å².